The Morgan fingerprint density at radius 3 is 2.62 bits per heavy atom. The Kier molecular flexibility index (Phi) is 7.39. The number of amides is 1. The number of aromatic nitrogens is 2. The molecule has 2 atom stereocenters. The van der Waals surface area contributed by atoms with E-state index in [0.717, 1.165) is 51.6 Å². The van der Waals surface area contributed by atoms with Crippen molar-refractivity contribution in [3.63, 3.8) is 0 Å². The van der Waals surface area contributed by atoms with Gasteiger partial charge in [0.05, 0.1) is 25.5 Å². The largest absolute Gasteiger partial charge is 1.00 e. The second kappa shape index (κ2) is 10.1. The first-order valence-electron chi connectivity index (χ1n) is 11.9. The maximum Gasteiger partial charge on any atom is 0.346 e. The fraction of sp³-hybridized carbons (Fsp3) is 0.583. The summed E-state index contributed by atoms with van der Waals surface area (Å²) in [6, 6.07) is 3.34. The summed E-state index contributed by atoms with van der Waals surface area (Å²) >= 11 is 0. The molecule has 4 aliphatic rings. The Hall–Kier alpha value is -2.30. The first-order chi connectivity index (χ1) is 16.0. The Bertz CT molecular complexity index is 975. The van der Waals surface area contributed by atoms with Gasteiger partial charge in [0.15, 0.2) is 18.5 Å². The first-order valence-corrected chi connectivity index (χ1v) is 11.9. The number of carbonyl (C=O) groups excluding carboxylic acids is 2. The van der Waals surface area contributed by atoms with Crippen molar-refractivity contribution in [3.8, 4) is 0 Å². The zero-order chi connectivity index (χ0) is 22.9. The number of ether oxygens (including phenoxy) is 1. The van der Waals surface area contributed by atoms with E-state index in [2.05, 4.69) is 15.3 Å². The van der Waals surface area contributed by atoms with Gasteiger partial charge in [0, 0.05) is 37.1 Å². The van der Waals surface area contributed by atoms with E-state index in [1.807, 2.05) is 0 Å². The summed E-state index contributed by atoms with van der Waals surface area (Å²) in [7, 11) is 0. The Morgan fingerprint density at radius 2 is 1.97 bits per heavy atom. The van der Waals surface area contributed by atoms with Crippen molar-refractivity contribution in [3.05, 3.63) is 42.7 Å². The highest BCUT2D eigenvalue weighted by molar-refractivity contribution is 5.90. The maximum atomic E-state index is 13.4. The van der Waals surface area contributed by atoms with Gasteiger partial charge < -0.3 is 41.0 Å². The number of aliphatic hydroxyl groups is 1. The van der Waals surface area contributed by atoms with Gasteiger partial charge in [-0.1, -0.05) is 12.8 Å². The number of halogens is 1. The second-order valence-corrected chi connectivity index (χ2v) is 9.77. The number of hydrogen-bond donors (Lipinski definition) is 2. The molecule has 0 spiro atoms. The number of piperidine rings is 3. The average Bonchev–Trinajstić information content (AvgIpc) is 3.54. The number of fused-ring (bicyclic) bond motifs is 3. The molecule has 2 aromatic rings. The molecule has 10 heteroatoms. The monoisotopic (exact) mass is 534 g/mol. The van der Waals surface area contributed by atoms with Gasteiger partial charge in [-0.05, 0) is 25.0 Å². The molecule has 9 nitrogen and oxygen atoms in total. The number of hydrogen-bond acceptors (Lipinski definition) is 7. The minimum atomic E-state index is -1.76. The van der Waals surface area contributed by atoms with Gasteiger partial charge in [0.25, 0.3) is 5.91 Å². The molecule has 3 aliphatic heterocycles. The summed E-state index contributed by atoms with van der Waals surface area (Å²) in [5.41, 5.74) is -1.76. The number of nitrogens with one attached hydrogen (secondary N) is 1. The van der Waals surface area contributed by atoms with Crippen LogP contribution >= 0.6 is 0 Å². The summed E-state index contributed by atoms with van der Waals surface area (Å²) < 4.78 is 12.1. The van der Waals surface area contributed by atoms with Gasteiger partial charge in [-0.25, -0.2) is 9.78 Å². The third-order valence-corrected chi connectivity index (χ3v) is 7.76. The molecule has 1 amide bonds. The van der Waals surface area contributed by atoms with Gasteiger partial charge in [0.2, 0.25) is 5.60 Å². The Labute approximate surface area is 209 Å². The van der Waals surface area contributed by atoms with Crippen molar-refractivity contribution >= 4 is 17.7 Å². The van der Waals surface area contributed by atoms with Crippen LogP contribution in [0.4, 0.5) is 5.82 Å². The summed E-state index contributed by atoms with van der Waals surface area (Å²) in [6.45, 7) is 2.61. The van der Waals surface area contributed by atoms with Crippen LogP contribution in [0.5, 0.6) is 0 Å². The molecule has 0 aromatic carbocycles. The molecule has 1 saturated carbocycles. The number of rotatable bonds is 7. The van der Waals surface area contributed by atoms with Crippen molar-refractivity contribution in [2.45, 2.75) is 50.2 Å². The molecule has 2 N–H and O–H groups in total. The number of esters is 1. The van der Waals surface area contributed by atoms with Gasteiger partial charge in [-0.15, -0.1) is 0 Å². The number of quaternary nitrogens is 1. The standard InChI is InChI=1S/C24H30N4O5.BrH/c29-22(27-21-14-25-9-10-26-21)16-28-11-7-17(8-12-28)19(15-28)33-23(30)24(31,18-4-1-2-5-18)20-6-3-13-32-20;/h3,6,9-10,13-14,17-19,31H,1-2,4-5,7-8,11-12,15-16H2;1H/t17?,19-,24?,28?;/m0./s1. The van der Waals surface area contributed by atoms with Crippen LogP contribution in [0.15, 0.2) is 41.4 Å². The smallest absolute Gasteiger partial charge is 0.346 e. The third-order valence-electron chi connectivity index (χ3n) is 7.76. The van der Waals surface area contributed by atoms with Gasteiger partial charge in [-0.2, -0.15) is 0 Å². The number of nitrogens with zero attached hydrogens (tertiary/aromatic N) is 3. The molecular weight excluding hydrogens is 504 g/mol. The van der Waals surface area contributed by atoms with Crippen molar-refractivity contribution in [1.29, 1.82) is 0 Å². The van der Waals surface area contributed by atoms with E-state index >= 15 is 0 Å². The minimum Gasteiger partial charge on any atom is -1.00 e. The lowest BCUT2D eigenvalue weighted by Crippen LogP contribution is -3.00. The number of anilines is 1. The summed E-state index contributed by atoms with van der Waals surface area (Å²) in [6.07, 6.45) is 11.0. The van der Waals surface area contributed by atoms with E-state index in [9.17, 15) is 14.7 Å². The molecular formula is C24H31BrN4O5. The van der Waals surface area contributed by atoms with Gasteiger partial charge in [0.1, 0.15) is 12.3 Å². The summed E-state index contributed by atoms with van der Waals surface area (Å²) in [5.74, 6) is -0.0210. The van der Waals surface area contributed by atoms with Crippen LogP contribution in [0.1, 0.15) is 44.3 Å². The topological polar surface area (TPSA) is 115 Å². The highest BCUT2D eigenvalue weighted by atomic mass is 79.9. The molecule has 4 fully saturated rings. The predicted octanol–water partition coefficient (Wildman–Crippen LogP) is -0.758. The molecule has 34 heavy (non-hydrogen) atoms. The molecule has 2 aromatic heterocycles. The van der Waals surface area contributed by atoms with E-state index in [-0.39, 0.29) is 46.6 Å². The highest BCUT2D eigenvalue weighted by Gasteiger charge is 2.54. The molecule has 2 bridgehead atoms. The molecule has 184 valence electrons. The van der Waals surface area contributed by atoms with Crippen LogP contribution in [0.3, 0.4) is 0 Å². The molecule has 0 radical (unpaired) electrons. The summed E-state index contributed by atoms with van der Waals surface area (Å²) in [5, 5.41) is 14.4. The van der Waals surface area contributed by atoms with E-state index in [1.54, 1.807) is 18.3 Å². The first kappa shape index (κ1) is 24.8. The zero-order valence-corrected chi connectivity index (χ0v) is 20.7. The summed E-state index contributed by atoms with van der Waals surface area (Å²) in [4.78, 5) is 34.2. The fourth-order valence-corrected chi connectivity index (χ4v) is 5.96. The second-order valence-electron chi connectivity index (χ2n) is 9.77. The molecule has 5 heterocycles. The normalized spacial score (nSPS) is 28.0. The van der Waals surface area contributed by atoms with Crippen molar-refractivity contribution < 1.29 is 45.3 Å². The van der Waals surface area contributed by atoms with Crippen molar-refractivity contribution in [2.24, 2.45) is 11.8 Å². The maximum absolute atomic E-state index is 13.4. The number of carbonyl (C=O) groups is 2. The molecule has 6 rings (SSSR count). The van der Waals surface area contributed by atoms with Crippen molar-refractivity contribution in [2.75, 3.05) is 31.5 Å². The molecule has 1 aliphatic carbocycles. The Balaban J connectivity index is 0.00000274. The van der Waals surface area contributed by atoms with Crippen molar-refractivity contribution in [1.82, 2.24) is 9.97 Å². The fourth-order valence-electron chi connectivity index (χ4n) is 5.96. The lowest BCUT2D eigenvalue weighted by molar-refractivity contribution is -0.939. The van der Waals surface area contributed by atoms with Gasteiger partial charge >= 0.3 is 5.97 Å². The zero-order valence-electron chi connectivity index (χ0n) is 19.1. The minimum absolute atomic E-state index is 0. The lowest BCUT2D eigenvalue weighted by atomic mass is 9.81. The average molecular weight is 535 g/mol. The lowest BCUT2D eigenvalue weighted by Gasteiger charge is -2.51. The third kappa shape index (κ3) is 4.76. The van der Waals surface area contributed by atoms with E-state index < -0.39 is 11.6 Å². The van der Waals surface area contributed by atoms with Crippen LogP contribution in [0, 0.1) is 11.8 Å². The highest BCUT2D eigenvalue weighted by Crippen LogP contribution is 2.43. The van der Waals surface area contributed by atoms with Crippen LogP contribution < -0.4 is 22.3 Å². The van der Waals surface area contributed by atoms with Crippen LogP contribution in [-0.4, -0.2) is 63.7 Å². The van der Waals surface area contributed by atoms with E-state index in [1.165, 1.54) is 18.7 Å². The van der Waals surface area contributed by atoms with Crippen LogP contribution in [0.25, 0.3) is 0 Å². The molecule has 3 saturated heterocycles. The Morgan fingerprint density at radius 1 is 1.21 bits per heavy atom. The quantitative estimate of drug-likeness (QED) is 0.354. The predicted molar refractivity (Wildman–Crippen MR) is 118 cm³/mol. The van der Waals surface area contributed by atoms with Crippen LogP contribution in [-0.2, 0) is 19.9 Å². The van der Waals surface area contributed by atoms with Gasteiger partial charge in [-0.3, -0.25) is 9.78 Å². The van der Waals surface area contributed by atoms with E-state index in [0.29, 0.717) is 23.4 Å². The number of furan rings is 1. The SMILES string of the molecule is O=C(C[N+]12CCC(CC1)[C@@H](OC(=O)C(O)(c1ccco1)C1CCCC1)C2)Nc1cnccn1.[Br-]. The van der Waals surface area contributed by atoms with E-state index in [4.69, 9.17) is 9.15 Å². The van der Waals surface area contributed by atoms with Crippen LogP contribution in [0.2, 0.25) is 0 Å². The molecule has 1 unspecified atom stereocenters.